The molecule has 4 atom stereocenters. The quantitative estimate of drug-likeness (QED) is 0.0543. The second kappa shape index (κ2) is 16.9. The monoisotopic (exact) mass is 500 g/mol. The zero-order chi connectivity index (χ0) is 27.0. The second-order valence-corrected chi connectivity index (χ2v) is 7.99. The maximum absolute atomic E-state index is 13.0. The van der Waals surface area contributed by atoms with Gasteiger partial charge >= 0.3 is 5.97 Å². The second-order valence-electron chi connectivity index (χ2n) is 7.99. The highest BCUT2D eigenvalue weighted by atomic mass is 16.4. The molecule has 0 aromatic rings. The number of carboxylic acid groups (broad SMARTS) is 1. The highest BCUT2D eigenvalue weighted by molar-refractivity contribution is 5.93. The average Bonchev–Trinajstić information content (AvgIpc) is 2.79. The van der Waals surface area contributed by atoms with Crippen molar-refractivity contribution < 1.29 is 24.3 Å². The van der Waals surface area contributed by atoms with Crippen LogP contribution in [-0.4, -0.2) is 78.5 Å². The van der Waals surface area contributed by atoms with Gasteiger partial charge in [0.25, 0.3) is 0 Å². The first-order valence-electron chi connectivity index (χ1n) is 11.4. The van der Waals surface area contributed by atoms with Gasteiger partial charge in [0.15, 0.2) is 11.9 Å². The van der Waals surface area contributed by atoms with Crippen LogP contribution in [-0.2, 0) is 19.2 Å². The first kappa shape index (κ1) is 31.4. The lowest BCUT2D eigenvalue weighted by atomic mass is 9.97. The molecule has 200 valence electrons. The fourth-order valence-corrected chi connectivity index (χ4v) is 3.00. The number of guanidine groups is 2. The van der Waals surface area contributed by atoms with Crippen molar-refractivity contribution >= 4 is 35.6 Å². The predicted molar refractivity (Wildman–Crippen MR) is 132 cm³/mol. The Kier molecular flexibility index (Phi) is 15.2. The number of aliphatic carboxylic acids is 1. The maximum atomic E-state index is 13.0. The Morgan fingerprint density at radius 1 is 0.829 bits per heavy atom. The summed E-state index contributed by atoms with van der Waals surface area (Å²) in [5.41, 5.74) is 26.5. The summed E-state index contributed by atoms with van der Waals surface area (Å²) >= 11 is 0. The van der Waals surface area contributed by atoms with Gasteiger partial charge in [0.05, 0.1) is 6.54 Å². The molecule has 0 radical (unpaired) electrons. The first-order chi connectivity index (χ1) is 16.4. The number of carbonyl (C=O) groups is 4. The summed E-state index contributed by atoms with van der Waals surface area (Å²) in [6.07, 6.45) is 1.38. The fraction of sp³-hybridized carbons (Fsp3) is 0.700. The largest absolute Gasteiger partial charge is 0.480 e. The highest BCUT2D eigenvalue weighted by Gasteiger charge is 2.31. The summed E-state index contributed by atoms with van der Waals surface area (Å²) in [7, 11) is 0. The molecule has 0 saturated carbocycles. The van der Waals surface area contributed by atoms with Crippen LogP contribution in [0.5, 0.6) is 0 Å². The standard InChI is InChI=1S/C20H40N10O5/c1-3-11(2)15(30-14(31)10-21)17(33)28-12(6-4-8-26-19(22)23)16(32)29-13(18(34)35)7-5-9-27-20(24)25/h11-13,15H,3-10,21H2,1-2H3,(H,28,33)(H,29,32)(H,30,31)(H,34,35)(H4,22,23,26)(H4,24,25,27). The molecule has 15 heteroatoms. The Balaban J connectivity index is 5.51. The van der Waals surface area contributed by atoms with Gasteiger partial charge in [-0.25, -0.2) is 4.79 Å². The number of hydrogen-bond acceptors (Lipinski definition) is 7. The minimum atomic E-state index is -1.25. The van der Waals surface area contributed by atoms with E-state index in [2.05, 4.69) is 25.9 Å². The minimum absolute atomic E-state index is 0.0641. The third-order valence-corrected chi connectivity index (χ3v) is 5.14. The van der Waals surface area contributed by atoms with Crippen molar-refractivity contribution in [1.82, 2.24) is 16.0 Å². The summed E-state index contributed by atoms with van der Waals surface area (Å²) in [5, 5.41) is 17.1. The molecule has 15 nitrogen and oxygen atoms in total. The summed E-state index contributed by atoms with van der Waals surface area (Å²) in [5.74, 6) is -3.57. The van der Waals surface area contributed by atoms with Crippen LogP contribution in [0.1, 0.15) is 46.0 Å². The highest BCUT2D eigenvalue weighted by Crippen LogP contribution is 2.10. The maximum Gasteiger partial charge on any atom is 0.326 e. The van der Waals surface area contributed by atoms with Crippen LogP contribution >= 0.6 is 0 Å². The Hall–Kier alpha value is -3.62. The molecule has 0 heterocycles. The summed E-state index contributed by atoms with van der Waals surface area (Å²) in [4.78, 5) is 57.0. The van der Waals surface area contributed by atoms with Crippen molar-refractivity contribution in [2.45, 2.75) is 64.1 Å². The van der Waals surface area contributed by atoms with Crippen molar-refractivity contribution in [3.8, 4) is 0 Å². The number of nitrogens with two attached hydrogens (primary N) is 5. The van der Waals surface area contributed by atoms with Gasteiger partial charge in [0.1, 0.15) is 18.1 Å². The average molecular weight is 501 g/mol. The van der Waals surface area contributed by atoms with Gasteiger partial charge in [-0.2, -0.15) is 0 Å². The number of aliphatic imine (C=N–C) groups is 2. The molecule has 0 aromatic carbocycles. The van der Waals surface area contributed by atoms with Crippen molar-refractivity contribution in [3.63, 3.8) is 0 Å². The number of amides is 3. The van der Waals surface area contributed by atoms with Crippen LogP contribution in [0.3, 0.4) is 0 Å². The Morgan fingerprint density at radius 2 is 1.31 bits per heavy atom. The van der Waals surface area contributed by atoms with E-state index in [0.29, 0.717) is 19.3 Å². The lowest BCUT2D eigenvalue weighted by Crippen LogP contribution is -2.57. The van der Waals surface area contributed by atoms with Gasteiger partial charge in [-0.05, 0) is 31.6 Å². The fourth-order valence-electron chi connectivity index (χ4n) is 3.00. The van der Waals surface area contributed by atoms with E-state index < -0.39 is 41.8 Å². The normalized spacial score (nSPS) is 13.9. The molecule has 4 unspecified atom stereocenters. The molecule has 0 aliphatic carbocycles. The molecule has 0 saturated heterocycles. The molecular weight excluding hydrogens is 460 g/mol. The van der Waals surface area contributed by atoms with Crippen LogP contribution in [0.25, 0.3) is 0 Å². The van der Waals surface area contributed by atoms with Crippen molar-refractivity contribution in [2.24, 2.45) is 44.6 Å². The Labute approximate surface area is 204 Å². The van der Waals surface area contributed by atoms with E-state index in [4.69, 9.17) is 28.7 Å². The van der Waals surface area contributed by atoms with Crippen LogP contribution in [0.2, 0.25) is 0 Å². The van der Waals surface area contributed by atoms with Crippen molar-refractivity contribution in [1.29, 1.82) is 0 Å². The van der Waals surface area contributed by atoms with E-state index in [1.54, 1.807) is 6.92 Å². The van der Waals surface area contributed by atoms with E-state index in [9.17, 15) is 24.3 Å². The number of carbonyl (C=O) groups excluding carboxylic acids is 3. The molecule has 0 spiro atoms. The van der Waals surface area contributed by atoms with Gasteiger partial charge in [-0.3, -0.25) is 24.4 Å². The van der Waals surface area contributed by atoms with E-state index >= 15 is 0 Å². The first-order valence-corrected chi connectivity index (χ1v) is 11.4. The van der Waals surface area contributed by atoms with E-state index in [-0.39, 0.29) is 50.3 Å². The molecule has 0 aliphatic heterocycles. The van der Waals surface area contributed by atoms with Gasteiger partial charge in [-0.15, -0.1) is 0 Å². The molecule has 0 fully saturated rings. The molecule has 35 heavy (non-hydrogen) atoms. The number of hydrogen-bond donors (Lipinski definition) is 9. The van der Waals surface area contributed by atoms with E-state index in [1.807, 2.05) is 6.92 Å². The predicted octanol–water partition coefficient (Wildman–Crippen LogP) is -3.36. The summed E-state index contributed by atoms with van der Waals surface area (Å²) < 4.78 is 0. The molecule has 14 N–H and O–H groups in total. The van der Waals surface area contributed by atoms with E-state index in [0.717, 1.165) is 0 Å². The van der Waals surface area contributed by atoms with Gasteiger partial charge in [0.2, 0.25) is 17.7 Å². The Morgan fingerprint density at radius 3 is 1.74 bits per heavy atom. The van der Waals surface area contributed by atoms with Crippen LogP contribution < -0.4 is 44.6 Å². The zero-order valence-corrected chi connectivity index (χ0v) is 20.3. The van der Waals surface area contributed by atoms with Gasteiger partial charge < -0.3 is 49.7 Å². The number of rotatable bonds is 17. The molecular formula is C20H40N10O5. The SMILES string of the molecule is CCC(C)C(NC(=O)CN)C(=O)NC(CCCN=C(N)N)C(=O)NC(CCCN=C(N)N)C(=O)O. The molecule has 0 rings (SSSR count). The third kappa shape index (κ3) is 13.6. The molecule has 0 aromatic heterocycles. The van der Waals surface area contributed by atoms with Crippen molar-refractivity contribution in [3.05, 3.63) is 0 Å². The van der Waals surface area contributed by atoms with Crippen LogP contribution in [0.15, 0.2) is 9.98 Å². The summed E-state index contributed by atoms with van der Waals surface area (Å²) in [6.45, 7) is 3.70. The van der Waals surface area contributed by atoms with Gasteiger partial charge in [-0.1, -0.05) is 20.3 Å². The van der Waals surface area contributed by atoms with E-state index in [1.165, 1.54) is 0 Å². The lowest BCUT2D eigenvalue weighted by molar-refractivity contribution is -0.142. The van der Waals surface area contributed by atoms with Crippen LogP contribution in [0, 0.1) is 5.92 Å². The Bertz CT molecular complexity index is 765. The molecule has 0 aliphatic rings. The molecule has 0 bridgehead atoms. The topological polar surface area (TPSA) is 279 Å². The van der Waals surface area contributed by atoms with Gasteiger partial charge in [0, 0.05) is 13.1 Å². The number of carboxylic acids is 1. The number of nitrogens with one attached hydrogen (secondary N) is 3. The molecule has 3 amide bonds. The minimum Gasteiger partial charge on any atom is -0.480 e. The van der Waals surface area contributed by atoms with Crippen molar-refractivity contribution in [2.75, 3.05) is 19.6 Å². The van der Waals surface area contributed by atoms with Crippen LogP contribution in [0.4, 0.5) is 0 Å². The lowest BCUT2D eigenvalue weighted by Gasteiger charge is -2.27. The third-order valence-electron chi connectivity index (χ3n) is 5.14. The summed E-state index contributed by atoms with van der Waals surface area (Å²) in [6, 6.07) is -3.26. The zero-order valence-electron chi connectivity index (χ0n) is 20.3. The smallest absolute Gasteiger partial charge is 0.326 e. The number of nitrogens with zero attached hydrogens (tertiary/aromatic N) is 2.